The van der Waals surface area contributed by atoms with E-state index in [2.05, 4.69) is 26.5 Å². The fourth-order valence-corrected chi connectivity index (χ4v) is 1.91. The number of pyridine rings is 1. The Morgan fingerprint density at radius 1 is 1.26 bits per heavy atom. The highest BCUT2D eigenvalue weighted by atomic mass is 16.5. The Morgan fingerprint density at radius 3 is 2.78 bits per heavy atom. The maximum absolute atomic E-state index is 9.05. The van der Waals surface area contributed by atoms with Crippen LogP contribution >= 0.6 is 0 Å². The van der Waals surface area contributed by atoms with Crippen molar-refractivity contribution in [2.24, 2.45) is 0 Å². The number of nitriles is 1. The summed E-state index contributed by atoms with van der Waals surface area (Å²) < 4.78 is 10.5. The first kappa shape index (κ1) is 14.5. The van der Waals surface area contributed by atoms with Gasteiger partial charge in [-0.25, -0.2) is 4.98 Å². The van der Waals surface area contributed by atoms with E-state index >= 15 is 0 Å². The van der Waals surface area contributed by atoms with Gasteiger partial charge in [-0.05, 0) is 43.3 Å². The lowest BCUT2D eigenvalue weighted by atomic mass is 10.2. The number of nitrogens with zero attached hydrogens (tertiary/aromatic N) is 4. The van der Waals surface area contributed by atoms with Crippen LogP contribution in [0.4, 0.5) is 11.5 Å². The van der Waals surface area contributed by atoms with E-state index in [9.17, 15) is 0 Å². The molecule has 7 nitrogen and oxygen atoms in total. The number of aryl methyl sites for hydroxylation is 1. The first-order chi connectivity index (χ1) is 11.2. The van der Waals surface area contributed by atoms with Gasteiger partial charge in [-0.2, -0.15) is 10.2 Å². The summed E-state index contributed by atoms with van der Waals surface area (Å²) in [5.74, 6) is 2.20. The topological polar surface area (TPSA) is 96.9 Å². The normalized spacial score (nSPS) is 10.1. The van der Waals surface area contributed by atoms with Crippen LogP contribution in [-0.2, 0) is 6.61 Å². The van der Waals surface area contributed by atoms with E-state index in [-0.39, 0.29) is 6.61 Å². The Bertz CT molecular complexity index is 836. The summed E-state index contributed by atoms with van der Waals surface area (Å²) in [5, 5.41) is 15.8. The molecule has 1 N–H and O–H groups in total. The molecule has 0 saturated heterocycles. The highest BCUT2D eigenvalue weighted by Gasteiger charge is 2.05. The lowest BCUT2D eigenvalue weighted by molar-refractivity contribution is 0.242. The van der Waals surface area contributed by atoms with Crippen molar-refractivity contribution >= 4 is 11.5 Å². The van der Waals surface area contributed by atoms with Gasteiger partial charge in [0.15, 0.2) is 12.4 Å². The van der Waals surface area contributed by atoms with Gasteiger partial charge in [-0.1, -0.05) is 5.16 Å². The van der Waals surface area contributed by atoms with Gasteiger partial charge >= 0.3 is 0 Å². The maximum Gasteiger partial charge on any atom is 0.264 e. The molecular formula is C16H13N5O2. The predicted molar refractivity (Wildman–Crippen MR) is 82.0 cm³/mol. The monoisotopic (exact) mass is 307 g/mol. The molecule has 2 aromatic heterocycles. The Hall–Kier alpha value is -3.40. The van der Waals surface area contributed by atoms with Crippen molar-refractivity contribution in [1.82, 2.24) is 15.1 Å². The molecule has 3 aromatic rings. The largest absolute Gasteiger partial charge is 0.484 e. The molecular weight excluding hydrogens is 294 g/mol. The second kappa shape index (κ2) is 6.58. The number of aromatic nitrogens is 3. The number of hydrogen-bond donors (Lipinski definition) is 1. The SMILES string of the molecule is Cc1noc(COc2ccc(Nc3ncccc3C#N)cc2)n1. The number of anilines is 2. The zero-order chi connectivity index (χ0) is 16.1. The second-order valence-corrected chi connectivity index (χ2v) is 4.68. The van der Waals surface area contributed by atoms with Gasteiger partial charge in [0.05, 0.1) is 5.56 Å². The average molecular weight is 307 g/mol. The van der Waals surface area contributed by atoms with E-state index in [0.29, 0.717) is 28.8 Å². The second-order valence-electron chi connectivity index (χ2n) is 4.68. The van der Waals surface area contributed by atoms with Gasteiger partial charge in [-0.15, -0.1) is 0 Å². The summed E-state index contributed by atoms with van der Waals surface area (Å²) in [6, 6.07) is 12.8. The third-order valence-corrected chi connectivity index (χ3v) is 2.98. The minimum Gasteiger partial charge on any atom is -0.484 e. The van der Waals surface area contributed by atoms with E-state index in [0.717, 1.165) is 5.69 Å². The molecule has 0 amide bonds. The fourth-order valence-electron chi connectivity index (χ4n) is 1.91. The number of rotatable bonds is 5. The molecule has 0 fully saturated rings. The van der Waals surface area contributed by atoms with Crippen LogP contribution in [0.15, 0.2) is 47.1 Å². The van der Waals surface area contributed by atoms with Crippen LogP contribution in [0.1, 0.15) is 17.3 Å². The summed E-state index contributed by atoms with van der Waals surface area (Å²) in [6.07, 6.45) is 1.63. The van der Waals surface area contributed by atoms with Gasteiger partial charge in [0, 0.05) is 11.9 Å². The molecule has 0 saturated carbocycles. The first-order valence-corrected chi connectivity index (χ1v) is 6.89. The first-order valence-electron chi connectivity index (χ1n) is 6.89. The molecule has 0 atom stereocenters. The molecule has 0 aliphatic carbocycles. The predicted octanol–water partition coefficient (Wildman–Crippen LogP) is 2.97. The molecule has 23 heavy (non-hydrogen) atoms. The molecule has 0 aliphatic heterocycles. The van der Waals surface area contributed by atoms with Gasteiger partial charge in [0.25, 0.3) is 5.89 Å². The molecule has 3 rings (SSSR count). The van der Waals surface area contributed by atoms with E-state index in [4.69, 9.17) is 14.5 Å². The van der Waals surface area contributed by atoms with Gasteiger partial charge in [-0.3, -0.25) is 0 Å². The zero-order valence-electron chi connectivity index (χ0n) is 12.4. The molecule has 7 heteroatoms. The minimum absolute atomic E-state index is 0.215. The van der Waals surface area contributed by atoms with E-state index in [1.165, 1.54) is 0 Å². The minimum atomic E-state index is 0.215. The average Bonchev–Trinajstić information content (AvgIpc) is 3.00. The van der Waals surface area contributed by atoms with Gasteiger partial charge < -0.3 is 14.6 Å². The fraction of sp³-hybridized carbons (Fsp3) is 0.125. The van der Waals surface area contributed by atoms with Crippen molar-refractivity contribution in [2.75, 3.05) is 5.32 Å². The van der Waals surface area contributed by atoms with Crippen LogP contribution in [0.5, 0.6) is 5.75 Å². The van der Waals surface area contributed by atoms with Crippen LogP contribution in [0.25, 0.3) is 0 Å². The number of nitrogens with one attached hydrogen (secondary N) is 1. The third-order valence-electron chi connectivity index (χ3n) is 2.98. The number of benzene rings is 1. The quantitative estimate of drug-likeness (QED) is 0.773. The summed E-state index contributed by atoms with van der Waals surface area (Å²) in [5.41, 5.74) is 1.29. The van der Waals surface area contributed by atoms with Crippen LogP contribution in [0.2, 0.25) is 0 Å². The molecule has 0 aliphatic rings. The van der Waals surface area contributed by atoms with Crippen molar-refractivity contribution in [3.05, 3.63) is 59.9 Å². The van der Waals surface area contributed by atoms with E-state index in [1.807, 2.05) is 12.1 Å². The lowest BCUT2D eigenvalue weighted by Gasteiger charge is -2.08. The molecule has 0 radical (unpaired) electrons. The third kappa shape index (κ3) is 3.63. The van der Waals surface area contributed by atoms with Crippen molar-refractivity contribution in [3.63, 3.8) is 0 Å². The molecule has 1 aromatic carbocycles. The highest BCUT2D eigenvalue weighted by molar-refractivity contribution is 5.62. The molecule has 0 unspecified atom stereocenters. The Labute approximate surface area is 132 Å². The van der Waals surface area contributed by atoms with Crippen molar-refractivity contribution in [1.29, 1.82) is 5.26 Å². The Kier molecular flexibility index (Phi) is 4.16. The molecule has 2 heterocycles. The lowest BCUT2D eigenvalue weighted by Crippen LogP contribution is -1.98. The number of ether oxygens (including phenoxy) is 1. The summed E-state index contributed by atoms with van der Waals surface area (Å²) in [6.45, 7) is 1.97. The smallest absolute Gasteiger partial charge is 0.264 e. The highest BCUT2D eigenvalue weighted by Crippen LogP contribution is 2.21. The maximum atomic E-state index is 9.05. The van der Waals surface area contributed by atoms with E-state index in [1.54, 1.807) is 37.4 Å². The summed E-state index contributed by atoms with van der Waals surface area (Å²) >= 11 is 0. The van der Waals surface area contributed by atoms with Gasteiger partial charge in [0.2, 0.25) is 0 Å². The Morgan fingerprint density at radius 2 is 2.09 bits per heavy atom. The van der Waals surface area contributed by atoms with Crippen LogP contribution in [-0.4, -0.2) is 15.1 Å². The van der Waals surface area contributed by atoms with Crippen molar-refractivity contribution in [3.8, 4) is 11.8 Å². The molecule has 0 bridgehead atoms. The standard InChI is InChI=1S/C16H13N5O2/c1-11-19-15(23-21-11)10-22-14-6-4-13(5-7-14)20-16-12(9-17)3-2-8-18-16/h2-8H,10H2,1H3,(H,18,20). The molecule has 114 valence electrons. The van der Waals surface area contributed by atoms with E-state index < -0.39 is 0 Å². The summed E-state index contributed by atoms with van der Waals surface area (Å²) in [4.78, 5) is 8.22. The Balaban J connectivity index is 1.64. The zero-order valence-corrected chi connectivity index (χ0v) is 12.4. The summed E-state index contributed by atoms with van der Waals surface area (Å²) in [7, 11) is 0. The van der Waals surface area contributed by atoms with Gasteiger partial charge in [0.1, 0.15) is 17.6 Å². The van der Waals surface area contributed by atoms with Crippen LogP contribution in [0.3, 0.4) is 0 Å². The number of hydrogen-bond acceptors (Lipinski definition) is 7. The van der Waals surface area contributed by atoms with Crippen molar-refractivity contribution < 1.29 is 9.26 Å². The van der Waals surface area contributed by atoms with Crippen molar-refractivity contribution in [2.45, 2.75) is 13.5 Å². The van der Waals surface area contributed by atoms with Crippen LogP contribution < -0.4 is 10.1 Å². The molecule has 0 spiro atoms. The van der Waals surface area contributed by atoms with Crippen LogP contribution in [0, 0.1) is 18.3 Å².